The third-order valence-corrected chi connectivity index (χ3v) is 2.41. The van der Waals surface area contributed by atoms with Gasteiger partial charge < -0.3 is 9.84 Å². The Hall–Kier alpha value is -2.96. The number of carboxylic acids is 1. The van der Waals surface area contributed by atoms with Crippen molar-refractivity contribution in [2.45, 2.75) is 6.61 Å². The Labute approximate surface area is 114 Å². The highest BCUT2D eigenvalue weighted by Crippen LogP contribution is 2.12. The summed E-state index contributed by atoms with van der Waals surface area (Å²) in [4.78, 5) is 22.5. The zero-order valence-corrected chi connectivity index (χ0v) is 10.3. The van der Waals surface area contributed by atoms with E-state index in [9.17, 15) is 9.59 Å². The van der Waals surface area contributed by atoms with E-state index in [1.165, 1.54) is 0 Å². The molecule has 0 unspecified atom stereocenters. The molecule has 1 aromatic carbocycles. The maximum atomic E-state index is 11.6. The van der Waals surface area contributed by atoms with Crippen LogP contribution in [0.3, 0.4) is 0 Å². The Bertz CT molecular complexity index is 616. The molecule has 102 valence electrons. The normalized spacial score (nSPS) is 9.80. The molecule has 7 heteroatoms. The Morgan fingerprint density at radius 3 is 2.55 bits per heavy atom. The predicted molar refractivity (Wildman–Crippen MR) is 69.2 cm³/mol. The molecule has 0 atom stereocenters. The molecule has 2 aromatic rings. The second-order valence-electron chi connectivity index (χ2n) is 3.81. The van der Waals surface area contributed by atoms with Gasteiger partial charge in [0.1, 0.15) is 12.2 Å². The first-order chi connectivity index (χ1) is 9.66. The molecule has 1 heterocycles. The maximum Gasteiger partial charge on any atom is 0.412 e. The molecule has 20 heavy (non-hydrogen) atoms. The van der Waals surface area contributed by atoms with Gasteiger partial charge in [0, 0.05) is 0 Å². The van der Waals surface area contributed by atoms with Crippen molar-refractivity contribution >= 4 is 17.7 Å². The van der Waals surface area contributed by atoms with Crippen molar-refractivity contribution < 1.29 is 19.4 Å². The van der Waals surface area contributed by atoms with Crippen LogP contribution in [0.25, 0.3) is 0 Å². The van der Waals surface area contributed by atoms with Crippen LogP contribution in [0.1, 0.15) is 15.9 Å². The first kappa shape index (κ1) is 13.5. The van der Waals surface area contributed by atoms with Gasteiger partial charge in [-0.1, -0.05) is 30.3 Å². The van der Waals surface area contributed by atoms with Crippen LogP contribution in [0.4, 0.5) is 10.5 Å². The summed E-state index contributed by atoms with van der Waals surface area (Å²) in [6.45, 7) is 0.0909. The van der Waals surface area contributed by atoms with Crippen molar-refractivity contribution in [2.24, 2.45) is 0 Å². The van der Waals surface area contributed by atoms with Crippen LogP contribution in [0.5, 0.6) is 0 Å². The van der Waals surface area contributed by atoms with Gasteiger partial charge in [-0.15, -0.1) is 0 Å². The number of amides is 1. The van der Waals surface area contributed by atoms with Gasteiger partial charge in [0.15, 0.2) is 0 Å². The molecule has 0 spiro atoms. The van der Waals surface area contributed by atoms with Gasteiger partial charge in [0.2, 0.25) is 0 Å². The van der Waals surface area contributed by atoms with Gasteiger partial charge in [-0.3, -0.25) is 5.32 Å². The van der Waals surface area contributed by atoms with Crippen LogP contribution in [0.2, 0.25) is 0 Å². The van der Waals surface area contributed by atoms with E-state index in [0.29, 0.717) is 0 Å². The van der Waals surface area contributed by atoms with Gasteiger partial charge >= 0.3 is 12.1 Å². The number of carboxylic acid groups (broad SMARTS) is 1. The fourth-order valence-corrected chi connectivity index (χ4v) is 1.46. The lowest BCUT2D eigenvalue weighted by Crippen LogP contribution is -2.16. The number of hydrogen-bond donors (Lipinski definition) is 2. The van der Waals surface area contributed by atoms with E-state index in [4.69, 9.17) is 9.84 Å². The summed E-state index contributed by atoms with van der Waals surface area (Å²) in [7, 11) is 0. The summed E-state index contributed by atoms with van der Waals surface area (Å²) >= 11 is 0. The summed E-state index contributed by atoms with van der Waals surface area (Å²) in [6.07, 6.45) is 1.44. The maximum absolute atomic E-state index is 11.6. The fraction of sp³-hybridized carbons (Fsp3) is 0.0769. The number of benzene rings is 1. The van der Waals surface area contributed by atoms with Crippen molar-refractivity contribution in [3.8, 4) is 0 Å². The van der Waals surface area contributed by atoms with Crippen molar-refractivity contribution in [3.05, 3.63) is 53.9 Å². The van der Waals surface area contributed by atoms with E-state index in [1.807, 2.05) is 30.3 Å². The Morgan fingerprint density at radius 2 is 1.85 bits per heavy atom. The molecule has 0 bridgehead atoms. The summed E-state index contributed by atoms with van der Waals surface area (Å²) in [5.41, 5.74) is 0.705. The largest absolute Gasteiger partial charge is 0.478 e. The average Bonchev–Trinajstić information content (AvgIpc) is 2.46. The van der Waals surface area contributed by atoms with Gasteiger partial charge in [-0.05, 0) is 5.56 Å². The third kappa shape index (κ3) is 3.52. The van der Waals surface area contributed by atoms with Crippen molar-refractivity contribution in [2.75, 3.05) is 5.32 Å². The quantitative estimate of drug-likeness (QED) is 0.882. The Morgan fingerprint density at radius 1 is 1.15 bits per heavy atom. The van der Waals surface area contributed by atoms with Gasteiger partial charge in [0.05, 0.1) is 18.1 Å². The minimum Gasteiger partial charge on any atom is -0.478 e. The van der Waals surface area contributed by atoms with Gasteiger partial charge in [0.25, 0.3) is 0 Å². The number of anilines is 1. The minimum absolute atomic E-state index is 0.0329. The van der Waals surface area contributed by atoms with Gasteiger partial charge in [-0.25, -0.2) is 9.59 Å². The first-order valence-corrected chi connectivity index (χ1v) is 5.68. The van der Waals surface area contributed by atoms with E-state index < -0.39 is 12.1 Å². The summed E-state index contributed by atoms with van der Waals surface area (Å²) in [5, 5.41) is 18.2. The summed E-state index contributed by atoms with van der Waals surface area (Å²) in [6, 6.07) is 9.12. The van der Waals surface area contributed by atoms with Crippen LogP contribution >= 0.6 is 0 Å². The number of carbonyl (C=O) groups excluding carboxylic acids is 1. The zero-order valence-electron chi connectivity index (χ0n) is 10.3. The van der Waals surface area contributed by atoms with Crippen LogP contribution in [-0.2, 0) is 11.3 Å². The highest BCUT2D eigenvalue weighted by atomic mass is 16.5. The number of aromatic carboxylic acids is 1. The fourth-order valence-electron chi connectivity index (χ4n) is 1.46. The molecule has 0 saturated heterocycles. The van der Waals surface area contributed by atoms with E-state index in [2.05, 4.69) is 15.5 Å². The Balaban J connectivity index is 1.97. The van der Waals surface area contributed by atoms with Crippen LogP contribution in [0.15, 0.2) is 42.7 Å². The van der Waals surface area contributed by atoms with Crippen molar-refractivity contribution in [3.63, 3.8) is 0 Å². The predicted octanol–water partition coefficient (Wildman–Crippen LogP) is 1.92. The lowest BCUT2D eigenvalue weighted by atomic mass is 10.2. The molecule has 2 N–H and O–H groups in total. The molecule has 0 radical (unpaired) electrons. The average molecular weight is 273 g/mol. The second-order valence-corrected chi connectivity index (χ2v) is 3.81. The monoisotopic (exact) mass is 273 g/mol. The van der Waals surface area contributed by atoms with Crippen LogP contribution in [-0.4, -0.2) is 27.4 Å². The molecule has 0 aliphatic rings. The van der Waals surface area contributed by atoms with E-state index in [-0.39, 0.29) is 17.9 Å². The highest BCUT2D eigenvalue weighted by Gasteiger charge is 2.13. The number of carbonyl (C=O) groups is 2. The lowest BCUT2D eigenvalue weighted by molar-refractivity contribution is 0.0697. The van der Waals surface area contributed by atoms with Gasteiger partial charge in [-0.2, -0.15) is 10.2 Å². The number of nitrogens with zero attached hydrogens (tertiary/aromatic N) is 2. The molecule has 2 rings (SSSR count). The topological polar surface area (TPSA) is 101 Å². The Kier molecular flexibility index (Phi) is 4.23. The van der Waals surface area contributed by atoms with Crippen LogP contribution in [0, 0.1) is 0 Å². The van der Waals surface area contributed by atoms with Crippen LogP contribution < -0.4 is 5.32 Å². The number of ether oxygens (including phenoxy) is 1. The number of hydrogen-bond acceptors (Lipinski definition) is 5. The van der Waals surface area contributed by atoms with E-state index in [0.717, 1.165) is 18.0 Å². The molecule has 0 saturated carbocycles. The molecular formula is C13H11N3O4. The number of aromatic nitrogens is 2. The van der Waals surface area contributed by atoms with Crippen molar-refractivity contribution in [1.29, 1.82) is 0 Å². The molecule has 0 fully saturated rings. The highest BCUT2D eigenvalue weighted by molar-refractivity contribution is 5.98. The van der Waals surface area contributed by atoms with Crippen molar-refractivity contribution in [1.82, 2.24) is 10.2 Å². The smallest absolute Gasteiger partial charge is 0.412 e. The molecule has 0 aliphatic carbocycles. The number of nitrogens with one attached hydrogen (secondary N) is 1. The minimum atomic E-state index is -1.21. The molecular weight excluding hydrogens is 262 g/mol. The molecule has 1 aromatic heterocycles. The summed E-state index contributed by atoms with van der Waals surface area (Å²) < 4.78 is 4.98. The summed E-state index contributed by atoms with van der Waals surface area (Å²) in [5.74, 6) is -1.21. The molecule has 7 nitrogen and oxygen atoms in total. The van der Waals surface area contributed by atoms with E-state index in [1.54, 1.807) is 0 Å². The second kappa shape index (κ2) is 6.28. The molecule has 0 aliphatic heterocycles. The van der Waals surface area contributed by atoms with E-state index >= 15 is 0 Å². The standard InChI is InChI=1S/C13H11N3O4/c17-12(18)10-6-14-15-7-11(10)16-13(19)20-8-9-4-2-1-3-5-9/h1-7H,8H2,(H,17,18)(H,14,16,19). The first-order valence-electron chi connectivity index (χ1n) is 5.68. The SMILES string of the molecule is O=C(Nc1cnncc1C(=O)O)OCc1ccccc1. The zero-order chi connectivity index (χ0) is 14.4. The molecule has 1 amide bonds. The number of rotatable bonds is 4. The third-order valence-electron chi connectivity index (χ3n) is 2.41. The lowest BCUT2D eigenvalue weighted by Gasteiger charge is -2.08.